The fourth-order valence-electron chi connectivity index (χ4n) is 3.63. The summed E-state index contributed by atoms with van der Waals surface area (Å²) in [6.45, 7) is 8.86. The van der Waals surface area contributed by atoms with E-state index < -0.39 is 6.09 Å². The molecule has 3 rings (SSSR count). The normalized spacial score (nSPS) is 15.3. The van der Waals surface area contributed by atoms with Crippen LogP contribution >= 0.6 is 0 Å². The standard InChI is InChI=1S/C24H32N2O3/c1-19(2)22-8-10-23(11-9-22)29-17-12-20-4-6-21(7-5-20)18-25-13-3-14-26(16-15-25)24(27)28/h4-11,19H,3,12-18H2,1-2H3,(H,27,28). The molecule has 1 aliphatic rings. The fourth-order valence-corrected chi connectivity index (χ4v) is 3.63. The molecule has 5 nitrogen and oxygen atoms in total. The van der Waals surface area contributed by atoms with Gasteiger partial charge in [0.2, 0.25) is 0 Å². The third-order valence-corrected chi connectivity index (χ3v) is 5.49. The Balaban J connectivity index is 1.43. The van der Waals surface area contributed by atoms with Crippen LogP contribution in [0, 0.1) is 0 Å². The van der Waals surface area contributed by atoms with Gasteiger partial charge in [-0.25, -0.2) is 4.79 Å². The molecular weight excluding hydrogens is 364 g/mol. The molecule has 0 saturated carbocycles. The first-order chi connectivity index (χ1) is 14.0. The third-order valence-electron chi connectivity index (χ3n) is 5.49. The van der Waals surface area contributed by atoms with Crippen LogP contribution in [0.4, 0.5) is 4.79 Å². The van der Waals surface area contributed by atoms with E-state index in [-0.39, 0.29) is 0 Å². The highest BCUT2D eigenvalue weighted by atomic mass is 16.5. The minimum atomic E-state index is -0.811. The molecule has 0 spiro atoms. The summed E-state index contributed by atoms with van der Waals surface area (Å²) in [5.41, 5.74) is 3.86. The maximum absolute atomic E-state index is 11.1. The molecule has 0 aliphatic carbocycles. The van der Waals surface area contributed by atoms with Gasteiger partial charge in [-0.1, -0.05) is 50.2 Å². The number of amides is 1. The molecule has 0 radical (unpaired) electrons. The van der Waals surface area contributed by atoms with Crippen molar-refractivity contribution in [2.75, 3.05) is 32.8 Å². The van der Waals surface area contributed by atoms with Crippen molar-refractivity contribution < 1.29 is 14.6 Å². The maximum atomic E-state index is 11.1. The fraction of sp³-hybridized carbons (Fsp3) is 0.458. The molecule has 0 bridgehead atoms. The van der Waals surface area contributed by atoms with E-state index in [1.54, 1.807) is 0 Å². The van der Waals surface area contributed by atoms with Crippen LogP contribution in [0.5, 0.6) is 5.75 Å². The molecule has 1 fully saturated rings. The van der Waals surface area contributed by atoms with E-state index >= 15 is 0 Å². The second-order valence-corrected chi connectivity index (χ2v) is 8.04. The molecule has 29 heavy (non-hydrogen) atoms. The van der Waals surface area contributed by atoms with Gasteiger partial charge in [-0.2, -0.15) is 0 Å². The molecule has 0 aromatic heterocycles. The Labute approximate surface area is 173 Å². The van der Waals surface area contributed by atoms with Crippen LogP contribution in [-0.4, -0.2) is 53.8 Å². The second-order valence-electron chi connectivity index (χ2n) is 8.04. The van der Waals surface area contributed by atoms with E-state index in [0.29, 0.717) is 25.6 Å². The average Bonchev–Trinajstić information content (AvgIpc) is 2.95. The van der Waals surface area contributed by atoms with Crippen molar-refractivity contribution in [1.29, 1.82) is 0 Å². The molecule has 5 heteroatoms. The number of hydrogen-bond acceptors (Lipinski definition) is 3. The highest BCUT2D eigenvalue weighted by molar-refractivity contribution is 5.64. The van der Waals surface area contributed by atoms with E-state index in [2.05, 4.69) is 55.1 Å². The Kier molecular flexibility index (Phi) is 7.53. The maximum Gasteiger partial charge on any atom is 0.407 e. The zero-order chi connectivity index (χ0) is 20.6. The first kappa shape index (κ1) is 21.2. The van der Waals surface area contributed by atoms with Crippen LogP contribution in [0.2, 0.25) is 0 Å². The Bertz CT molecular complexity index is 772. The van der Waals surface area contributed by atoms with Gasteiger partial charge in [0, 0.05) is 39.1 Å². The third kappa shape index (κ3) is 6.50. The Morgan fingerprint density at radius 1 is 0.966 bits per heavy atom. The van der Waals surface area contributed by atoms with Crippen molar-refractivity contribution in [2.45, 2.75) is 39.2 Å². The summed E-state index contributed by atoms with van der Waals surface area (Å²) in [6, 6.07) is 17.0. The largest absolute Gasteiger partial charge is 0.493 e. The number of carboxylic acid groups (broad SMARTS) is 1. The van der Waals surface area contributed by atoms with Gasteiger partial charge in [0.05, 0.1) is 6.61 Å². The van der Waals surface area contributed by atoms with Crippen LogP contribution in [0.25, 0.3) is 0 Å². The van der Waals surface area contributed by atoms with Gasteiger partial charge in [-0.15, -0.1) is 0 Å². The summed E-state index contributed by atoms with van der Waals surface area (Å²) in [7, 11) is 0. The average molecular weight is 397 g/mol. The molecule has 1 N–H and O–H groups in total. The van der Waals surface area contributed by atoms with Crippen molar-refractivity contribution in [3.63, 3.8) is 0 Å². The molecule has 0 atom stereocenters. The van der Waals surface area contributed by atoms with E-state index in [9.17, 15) is 4.79 Å². The van der Waals surface area contributed by atoms with Gasteiger partial charge in [0.1, 0.15) is 5.75 Å². The van der Waals surface area contributed by atoms with Crippen LogP contribution in [-0.2, 0) is 13.0 Å². The number of hydrogen-bond donors (Lipinski definition) is 1. The van der Waals surface area contributed by atoms with Gasteiger partial charge in [-0.3, -0.25) is 4.90 Å². The van der Waals surface area contributed by atoms with Crippen LogP contribution in [0.1, 0.15) is 42.9 Å². The quantitative estimate of drug-likeness (QED) is 0.742. The zero-order valence-electron chi connectivity index (χ0n) is 17.5. The van der Waals surface area contributed by atoms with Gasteiger partial charge in [0.25, 0.3) is 0 Å². The molecule has 1 saturated heterocycles. The Morgan fingerprint density at radius 2 is 1.66 bits per heavy atom. The number of rotatable bonds is 7. The van der Waals surface area contributed by atoms with E-state index in [1.165, 1.54) is 21.6 Å². The predicted molar refractivity (Wildman–Crippen MR) is 116 cm³/mol. The molecule has 1 aliphatic heterocycles. The second kappa shape index (κ2) is 10.3. The minimum Gasteiger partial charge on any atom is -0.493 e. The van der Waals surface area contributed by atoms with Gasteiger partial charge in [-0.05, 0) is 41.2 Å². The van der Waals surface area contributed by atoms with Gasteiger partial charge >= 0.3 is 6.09 Å². The summed E-state index contributed by atoms with van der Waals surface area (Å²) in [6.07, 6.45) is 0.956. The first-order valence-electron chi connectivity index (χ1n) is 10.5. The topological polar surface area (TPSA) is 53.0 Å². The Morgan fingerprint density at radius 3 is 2.31 bits per heavy atom. The summed E-state index contributed by atoms with van der Waals surface area (Å²) in [5, 5.41) is 9.14. The van der Waals surface area contributed by atoms with Crippen molar-refractivity contribution in [3.05, 3.63) is 65.2 Å². The lowest BCUT2D eigenvalue weighted by Gasteiger charge is -2.20. The lowest BCUT2D eigenvalue weighted by atomic mass is 10.0. The van der Waals surface area contributed by atoms with E-state index in [4.69, 9.17) is 9.84 Å². The number of nitrogens with zero attached hydrogens (tertiary/aromatic N) is 2. The van der Waals surface area contributed by atoms with Crippen LogP contribution < -0.4 is 4.74 Å². The smallest absolute Gasteiger partial charge is 0.407 e. The molecule has 0 unspecified atom stereocenters. The van der Waals surface area contributed by atoms with Crippen molar-refractivity contribution >= 4 is 6.09 Å². The minimum absolute atomic E-state index is 0.535. The number of benzene rings is 2. The van der Waals surface area contributed by atoms with E-state index in [1.807, 2.05) is 12.1 Å². The first-order valence-corrected chi connectivity index (χ1v) is 10.5. The summed E-state index contributed by atoms with van der Waals surface area (Å²) in [5.74, 6) is 1.45. The molecule has 2 aromatic rings. The predicted octanol–water partition coefficient (Wildman–Crippen LogP) is 4.62. The number of carbonyl (C=O) groups is 1. The molecule has 1 amide bonds. The highest BCUT2D eigenvalue weighted by Crippen LogP contribution is 2.19. The summed E-state index contributed by atoms with van der Waals surface area (Å²) >= 11 is 0. The van der Waals surface area contributed by atoms with Crippen molar-refractivity contribution in [2.24, 2.45) is 0 Å². The molecule has 1 heterocycles. The molecule has 156 valence electrons. The van der Waals surface area contributed by atoms with E-state index in [0.717, 1.165) is 38.2 Å². The zero-order valence-corrected chi connectivity index (χ0v) is 17.5. The van der Waals surface area contributed by atoms with Crippen LogP contribution in [0.15, 0.2) is 48.5 Å². The molecular formula is C24H32N2O3. The van der Waals surface area contributed by atoms with Crippen molar-refractivity contribution in [1.82, 2.24) is 9.80 Å². The lowest BCUT2D eigenvalue weighted by molar-refractivity contribution is 0.146. The lowest BCUT2D eigenvalue weighted by Crippen LogP contribution is -2.33. The van der Waals surface area contributed by atoms with Gasteiger partial charge in [0.15, 0.2) is 0 Å². The van der Waals surface area contributed by atoms with Crippen LogP contribution in [0.3, 0.4) is 0 Å². The van der Waals surface area contributed by atoms with Gasteiger partial charge < -0.3 is 14.7 Å². The number of ether oxygens (including phenoxy) is 1. The summed E-state index contributed by atoms with van der Waals surface area (Å²) in [4.78, 5) is 15.0. The Hall–Kier alpha value is -2.53. The monoisotopic (exact) mass is 396 g/mol. The SMILES string of the molecule is CC(C)c1ccc(OCCc2ccc(CN3CCCN(C(=O)O)CC3)cc2)cc1. The molecule has 2 aromatic carbocycles. The highest BCUT2D eigenvalue weighted by Gasteiger charge is 2.18. The summed E-state index contributed by atoms with van der Waals surface area (Å²) < 4.78 is 5.88. The van der Waals surface area contributed by atoms with Crippen molar-refractivity contribution in [3.8, 4) is 5.75 Å².